The van der Waals surface area contributed by atoms with Gasteiger partial charge < -0.3 is 5.73 Å². The van der Waals surface area contributed by atoms with Crippen LogP contribution >= 0.6 is 0 Å². The Bertz CT molecular complexity index is 252. The molecule has 10 heteroatoms. The van der Waals surface area contributed by atoms with E-state index in [1.807, 2.05) is 0 Å². The first-order chi connectivity index (χ1) is 4.86. The number of rotatable bonds is 0. The fraction of sp³-hybridized carbons (Fsp3) is 0. The van der Waals surface area contributed by atoms with Gasteiger partial charge in [-0.25, -0.2) is 4.79 Å². The summed E-state index contributed by atoms with van der Waals surface area (Å²) in [7, 11) is -2.70. The van der Waals surface area contributed by atoms with Gasteiger partial charge >= 0.3 is 16.5 Å². The molecule has 0 unspecified atom stereocenters. The highest BCUT2D eigenvalue weighted by Crippen LogP contribution is 1.60. The second-order valence-corrected chi connectivity index (χ2v) is 1.96. The Labute approximate surface area is 65.2 Å². The molecule has 4 N–H and O–H groups in total. The quantitative estimate of drug-likeness (QED) is 0.422. The number of nitrogens with zero attached hydrogens (tertiary/aromatic N) is 1. The monoisotopic (exact) mass is 204 g/mol. The van der Waals surface area contributed by atoms with Crippen molar-refractivity contribution in [1.29, 1.82) is 0 Å². The van der Waals surface area contributed by atoms with Crippen LogP contribution in [0, 0.1) is 0 Å². The molecule has 0 aromatic heterocycles. The minimum atomic E-state index is -2.70. The van der Waals surface area contributed by atoms with Crippen LogP contribution in [0.5, 0.6) is 0 Å². The molecule has 0 spiro atoms. The van der Waals surface area contributed by atoms with E-state index in [0.717, 1.165) is 0 Å². The molecule has 0 bridgehead atoms. The fourth-order valence-corrected chi connectivity index (χ4v) is 0.220. The fourth-order valence-electron chi connectivity index (χ4n) is 0.0735. The predicted molar refractivity (Wildman–Crippen MR) is 34.3 cm³/mol. The molecule has 0 aliphatic carbocycles. The summed E-state index contributed by atoms with van der Waals surface area (Å²) < 4.78 is 43.9. The normalized spacial score (nSPS) is 7.91. The second kappa shape index (κ2) is 7.27. The van der Waals surface area contributed by atoms with Crippen molar-refractivity contribution >= 4 is 27.9 Å². The Balaban J connectivity index is 0. The summed E-state index contributed by atoms with van der Waals surface area (Å²) >= 11 is -2.61. The van der Waals surface area contributed by atoms with Crippen molar-refractivity contribution in [3.63, 3.8) is 0 Å². The van der Waals surface area contributed by atoms with E-state index in [2.05, 4.69) is 10.1 Å². The van der Waals surface area contributed by atoms with Gasteiger partial charge in [0.05, 0.1) is 0 Å². The van der Waals surface area contributed by atoms with Crippen LogP contribution in [0.1, 0.15) is 0 Å². The Hall–Kier alpha value is -0.840. The minimum Gasteiger partial charge on any atom is -0.349 e. The number of amides is 2. The second-order valence-electron chi connectivity index (χ2n) is 0.877. The van der Waals surface area contributed by atoms with Gasteiger partial charge in [-0.3, -0.25) is 9.11 Å². The first-order valence-electron chi connectivity index (χ1n) is 1.76. The maximum absolute atomic E-state index is 9.47. The highest BCUT2D eigenvalue weighted by atomic mass is 32.2. The molecule has 0 radical (unpaired) electrons. The van der Waals surface area contributed by atoms with E-state index in [1.54, 1.807) is 0 Å². The van der Waals surface area contributed by atoms with Crippen molar-refractivity contribution in [3.05, 3.63) is 0 Å². The molecule has 0 saturated carbocycles. The third-order valence-corrected chi connectivity index (χ3v) is 0.494. The van der Waals surface area contributed by atoms with Crippen LogP contribution in [-0.2, 0) is 21.9 Å². The average molecular weight is 204 g/mol. The van der Waals surface area contributed by atoms with Gasteiger partial charge in [0.1, 0.15) is 0 Å². The van der Waals surface area contributed by atoms with Gasteiger partial charge in [-0.05, 0) is 0 Å². The van der Waals surface area contributed by atoms with Crippen LogP contribution in [-0.4, -0.2) is 27.8 Å². The van der Waals surface area contributed by atoms with Gasteiger partial charge in [0.2, 0.25) is 0 Å². The SMILES string of the molecule is NC(=O)N=S(=O)=O.O=S(O)O. The molecule has 0 aromatic carbocycles. The van der Waals surface area contributed by atoms with Crippen LogP contribution in [0.2, 0.25) is 0 Å². The number of urea groups is 1. The summed E-state index contributed by atoms with van der Waals surface area (Å²) in [6.07, 6.45) is 0. The first kappa shape index (κ1) is 12.8. The van der Waals surface area contributed by atoms with Crippen molar-refractivity contribution in [3.8, 4) is 0 Å². The van der Waals surface area contributed by atoms with Crippen LogP contribution in [0.3, 0.4) is 0 Å². The molecular weight excluding hydrogens is 200 g/mol. The molecule has 0 aromatic rings. The Morgan fingerprint density at radius 3 is 1.55 bits per heavy atom. The summed E-state index contributed by atoms with van der Waals surface area (Å²) in [5.41, 5.74) is 4.29. The maximum Gasteiger partial charge on any atom is 0.353 e. The van der Waals surface area contributed by atoms with Crippen molar-refractivity contribution in [2.75, 3.05) is 0 Å². The van der Waals surface area contributed by atoms with Crippen LogP contribution < -0.4 is 5.73 Å². The lowest BCUT2D eigenvalue weighted by Crippen LogP contribution is -2.02. The van der Waals surface area contributed by atoms with Crippen LogP contribution in [0.15, 0.2) is 4.36 Å². The zero-order chi connectivity index (χ0) is 9.44. The summed E-state index contributed by atoms with van der Waals surface area (Å²) in [4.78, 5) is 9.47. The van der Waals surface area contributed by atoms with Crippen LogP contribution in [0.4, 0.5) is 4.79 Å². The molecule has 8 nitrogen and oxygen atoms in total. The number of nitrogens with two attached hydrogens (primary N) is 1. The number of carbonyl (C=O) groups excluding carboxylic acids is 1. The average Bonchev–Trinajstić information content (AvgIpc) is 1.56. The molecule has 0 rings (SSSR count). The van der Waals surface area contributed by atoms with Crippen molar-refractivity contribution < 1.29 is 26.5 Å². The lowest BCUT2D eigenvalue weighted by Gasteiger charge is -1.64. The topological polar surface area (TPSA) is 147 Å². The van der Waals surface area contributed by atoms with E-state index in [0.29, 0.717) is 0 Å². The standard InChI is InChI=1S/CH2N2O3S.H2O3S/c2-1(4)3-7(5)6;1-4(2)3/h(H2,2,4);(H2,1,2,3). The number of hydrogen-bond donors (Lipinski definition) is 3. The van der Waals surface area contributed by atoms with Gasteiger partial charge in [-0.2, -0.15) is 12.6 Å². The molecule has 11 heavy (non-hydrogen) atoms. The summed E-state index contributed by atoms with van der Waals surface area (Å²) in [5, 5.41) is 0. The minimum absolute atomic E-state index is 1.20. The Morgan fingerprint density at radius 2 is 1.55 bits per heavy atom. The van der Waals surface area contributed by atoms with Crippen molar-refractivity contribution in [2.24, 2.45) is 10.1 Å². The smallest absolute Gasteiger partial charge is 0.349 e. The Kier molecular flexibility index (Phi) is 8.46. The first-order valence-corrected chi connectivity index (χ1v) is 3.86. The van der Waals surface area contributed by atoms with E-state index in [-0.39, 0.29) is 0 Å². The van der Waals surface area contributed by atoms with Gasteiger partial charge in [0.25, 0.3) is 11.4 Å². The molecule has 2 amide bonds. The lowest BCUT2D eigenvalue weighted by molar-refractivity contribution is 0.257. The molecule has 0 fully saturated rings. The molecule has 0 aliphatic rings. The highest BCUT2D eigenvalue weighted by molar-refractivity contribution is 7.73. The summed E-state index contributed by atoms with van der Waals surface area (Å²) in [6.45, 7) is 0. The lowest BCUT2D eigenvalue weighted by atomic mass is 11.2. The molecule has 66 valence electrons. The van der Waals surface area contributed by atoms with Gasteiger partial charge in [-0.15, -0.1) is 0 Å². The maximum atomic E-state index is 9.47. The molecule has 0 aliphatic heterocycles. The summed E-state index contributed by atoms with van der Waals surface area (Å²) in [5.74, 6) is 0. The molecular formula is CH4N2O6S2. The van der Waals surface area contributed by atoms with Crippen LogP contribution in [0.25, 0.3) is 0 Å². The third-order valence-electron chi connectivity index (χ3n) is 0.165. The van der Waals surface area contributed by atoms with E-state index in [9.17, 15) is 13.2 Å². The van der Waals surface area contributed by atoms with E-state index in [4.69, 9.17) is 13.3 Å². The molecule has 0 heterocycles. The molecule has 0 atom stereocenters. The van der Waals surface area contributed by atoms with Gasteiger partial charge in [-0.1, -0.05) is 4.36 Å². The van der Waals surface area contributed by atoms with E-state index in [1.165, 1.54) is 0 Å². The van der Waals surface area contributed by atoms with E-state index >= 15 is 0 Å². The Morgan fingerprint density at radius 1 is 1.27 bits per heavy atom. The zero-order valence-electron chi connectivity index (χ0n) is 4.87. The predicted octanol–water partition coefficient (Wildman–Crippen LogP) is -1.19. The largest absolute Gasteiger partial charge is 0.353 e. The van der Waals surface area contributed by atoms with Crippen molar-refractivity contribution in [2.45, 2.75) is 0 Å². The highest BCUT2D eigenvalue weighted by Gasteiger charge is 1.80. The molecule has 0 saturated heterocycles. The third kappa shape index (κ3) is 47.0. The number of hydrogen-bond acceptors (Lipinski definition) is 4. The zero-order valence-corrected chi connectivity index (χ0v) is 6.50. The van der Waals surface area contributed by atoms with E-state index < -0.39 is 27.9 Å². The van der Waals surface area contributed by atoms with Gasteiger partial charge in [0, 0.05) is 0 Å². The van der Waals surface area contributed by atoms with Gasteiger partial charge in [0.15, 0.2) is 0 Å². The number of carbonyl (C=O) groups is 1. The summed E-state index contributed by atoms with van der Waals surface area (Å²) in [6, 6.07) is -1.20. The number of primary amides is 1. The van der Waals surface area contributed by atoms with Crippen molar-refractivity contribution in [1.82, 2.24) is 0 Å².